The second kappa shape index (κ2) is 7.83. The standard InChI is InChI=1S/C18H16N2O5S/c1-23-16-7-6-12(8-17(16)24-2)18-19-13(11-26-18)10-25-15-5-3-4-14(9-15)20(21)22/h3-9,11H,10H2,1-2H3. The number of non-ortho nitro benzene ring substituents is 1. The minimum absolute atomic E-state index is 0.00760. The van der Waals surface area contributed by atoms with E-state index >= 15 is 0 Å². The van der Waals surface area contributed by atoms with Crippen molar-refractivity contribution in [2.75, 3.05) is 14.2 Å². The Kier molecular flexibility index (Phi) is 5.33. The predicted molar refractivity (Wildman–Crippen MR) is 98.1 cm³/mol. The highest BCUT2D eigenvalue weighted by Gasteiger charge is 2.11. The summed E-state index contributed by atoms with van der Waals surface area (Å²) in [6.07, 6.45) is 0. The summed E-state index contributed by atoms with van der Waals surface area (Å²) < 4.78 is 16.2. The third kappa shape index (κ3) is 3.92. The first-order valence-corrected chi connectivity index (χ1v) is 8.52. The average molecular weight is 372 g/mol. The Balaban J connectivity index is 1.72. The van der Waals surface area contributed by atoms with Crippen molar-refractivity contribution >= 4 is 17.0 Å². The highest BCUT2D eigenvalue weighted by atomic mass is 32.1. The lowest BCUT2D eigenvalue weighted by atomic mass is 10.2. The van der Waals surface area contributed by atoms with E-state index in [-0.39, 0.29) is 12.3 Å². The molecular formula is C18H16N2O5S. The molecule has 0 saturated carbocycles. The van der Waals surface area contributed by atoms with Crippen LogP contribution >= 0.6 is 11.3 Å². The van der Waals surface area contributed by atoms with Crippen LogP contribution in [-0.2, 0) is 6.61 Å². The number of ether oxygens (including phenoxy) is 3. The quantitative estimate of drug-likeness (QED) is 0.454. The first-order chi connectivity index (χ1) is 12.6. The van der Waals surface area contributed by atoms with Crippen molar-refractivity contribution in [2.45, 2.75) is 6.61 Å². The summed E-state index contributed by atoms with van der Waals surface area (Å²) in [4.78, 5) is 14.9. The summed E-state index contributed by atoms with van der Waals surface area (Å²) in [7, 11) is 3.17. The van der Waals surface area contributed by atoms with E-state index in [1.54, 1.807) is 26.4 Å². The lowest BCUT2D eigenvalue weighted by molar-refractivity contribution is -0.384. The lowest BCUT2D eigenvalue weighted by Gasteiger charge is -2.08. The SMILES string of the molecule is COc1ccc(-c2nc(COc3cccc([N+](=O)[O-])c3)cs2)cc1OC. The Labute approximate surface area is 153 Å². The van der Waals surface area contributed by atoms with Gasteiger partial charge in [0.25, 0.3) is 5.69 Å². The Bertz CT molecular complexity index is 925. The van der Waals surface area contributed by atoms with Crippen LogP contribution in [-0.4, -0.2) is 24.1 Å². The van der Waals surface area contributed by atoms with Crippen molar-refractivity contribution in [1.29, 1.82) is 0 Å². The fraction of sp³-hybridized carbons (Fsp3) is 0.167. The fourth-order valence-electron chi connectivity index (χ4n) is 2.32. The Morgan fingerprint density at radius 3 is 2.65 bits per heavy atom. The van der Waals surface area contributed by atoms with E-state index < -0.39 is 4.92 Å². The molecule has 1 heterocycles. The maximum absolute atomic E-state index is 10.8. The van der Waals surface area contributed by atoms with E-state index in [4.69, 9.17) is 14.2 Å². The number of rotatable bonds is 7. The molecule has 8 heteroatoms. The second-order valence-electron chi connectivity index (χ2n) is 5.26. The molecule has 0 aliphatic rings. The monoisotopic (exact) mass is 372 g/mol. The van der Waals surface area contributed by atoms with Crippen molar-refractivity contribution in [3.05, 3.63) is 63.7 Å². The summed E-state index contributed by atoms with van der Waals surface area (Å²) in [5.74, 6) is 1.72. The zero-order valence-electron chi connectivity index (χ0n) is 14.2. The van der Waals surface area contributed by atoms with Crippen molar-refractivity contribution in [3.63, 3.8) is 0 Å². The molecule has 3 aromatic rings. The zero-order chi connectivity index (χ0) is 18.5. The van der Waals surface area contributed by atoms with Gasteiger partial charge in [-0.2, -0.15) is 0 Å². The van der Waals surface area contributed by atoms with Crippen LogP contribution in [0.25, 0.3) is 10.6 Å². The lowest BCUT2D eigenvalue weighted by Crippen LogP contribution is -1.97. The molecule has 134 valence electrons. The van der Waals surface area contributed by atoms with Crippen LogP contribution in [0.2, 0.25) is 0 Å². The highest BCUT2D eigenvalue weighted by Crippen LogP contribution is 2.33. The van der Waals surface area contributed by atoms with Gasteiger partial charge in [0, 0.05) is 17.0 Å². The van der Waals surface area contributed by atoms with E-state index in [2.05, 4.69) is 4.98 Å². The fourth-order valence-corrected chi connectivity index (χ4v) is 3.12. The molecule has 0 saturated heterocycles. The second-order valence-corrected chi connectivity index (χ2v) is 6.12. The molecule has 0 spiro atoms. The Morgan fingerprint density at radius 1 is 1.12 bits per heavy atom. The third-order valence-corrected chi connectivity index (χ3v) is 4.54. The molecule has 2 aromatic carbocycles. The summed E-state index contributed by atoms with van der Waals surface area (Å²) in [6.45, 7) is 0.227. The van der Waals surface area contributed by atoms with Gasteiger partial charge in [-0.1, -0.05) is 6.07 Å². The maximum atomic E-state index is 10.8. The number of aromatic nitrogens is 1. The summed E-state index contributed by atoms with van der Waals surface area (Å²) in [6, 6.07) is 11.7. The van der Waals surface area contributed by atoms with Crippen molar-refractivity contribution < 1.29 is 19.1 Å². The minimum Gasteiger partial charge on any atom is -0.493 e. The summed E-state index contributed by atoms with van der Waals surface area (Å²) in [5, 5.41) is 13.5. The van der Waals surface area contributed by atoms with Crippen LogP contribution in [0.4, 0.5) is 5.69 Å². The van der Waals surface area contributed by atoms with E-state index in [1.807, 2.05) is 23.6 Å². The van der Waals surface area contributed by atoms with Crippen molar-refractivity contribution in [2.24, 2.45) is 0 Å². The van der Waals surface area contributed by atoms with Crippen LogP contribution in [0.1, 0.15) is 5.69 Å². The molecule has 0 atom stereocenters. The first kappa shape index (κ1) is 17.7. The van der Waals surface area contributed by atoms with E-state index in [0.29, 0.717) is 17.2 Å². The first-order valence-electron chi connectivity index (χ1n) is 7.64. The molecule has 26 heavy (non-hydrogen) atoms. The molecule has 0 aliphatic heterocycles. The smallest absolute Gasteiger partial charge is 0.273 e. The van der Waals surface area contributed by atoms with Gasteiger partial charge in [0.05, 0.1) is 30.9 Å². The maximum Gasteiger partial charge on any atom is 0.273 e. The summed E-state index contributed by atoms with van der Waals surface area (Å²) >= 11 is 1.48. The Hall–Kier alpha value is -3.13. The predicted octanol–water partition coefficient (Wildman–Crippen LogP) is 4.31. The molecule has 7 nitrogen and oxygen atoms in total. The topological polar surface area (TPSA) is 83.7 Å². The summed E-state index contributed by atoms with van der Waals surface area (Å²) in [5.41, 5.74) is 1.65. The van der Waals surface area contributed by atoms with Crippen LogP contribution in [0, 0.1) is 10.1 Å². The molecule has 0 radical (unpaired) electrons. The number of benzene rings is 2. The van der Waals surface area contributed by atoms with E-state index in [0.717, 1.165) is 16.3 Å². The van der Waals surface area contributed by atoms with Gasteiger partial charge in [-0.25, -0.2) is 4.98 Å². The molecular weight excluding hydrogens is 356 g/mol. The molecule has 0 bridgehead atoms. The molecule has 0 aliphatic carbocycles. The van der Waals surface area contributed by atoms with Crippen LogP contribution in [0.5, 0.6) is 17.2 Å². The van der Waals surface area contributed by atoms with Gasteiger partial charge < -0.3 is 14.2 Å². The average Bonchev–Trinajstić information content (AvgIpc) is 3.15. The van der Waals surface area contributed by atoms with Crippen LogP contribution in [0.3, 0.4) is 0 Å². The minimum atomic E-state index is -0.454. The number of methoxy groups -OCH3 is 2. The molecule has 0 unspecified atom stereocenters. The van der Waals surface area contributed by atoms with Gasteiger partial charge >= 0.3 is 0 Å². The number of nitro benzene ring substituents is 1. The van der Waals surface area contributed by atoms with E-state index in [1.165, 1.54) is 23.5 Å². The van der Waals surface area contributed by atoms with Gasteiger partial charge in [0.15, 0.2) is 11.5 Å². The zero-order valence-corrected chi connectivity index (χ0v) is 15.0. The number of nitro groups is 1. The largest absolute Gasteiger partial charge is 0.493 e. The van der Waals surface area contributed by atoms with Gasteiger partial charge in [0.1, 0.15) is 17.4 Å². The molecule has 0 N–H and O–H groups in total. The molecule has 3 rings (SSSR count). The third-order valence-electron chi connectivity index (χ3n) is 3.60. The molecule has 0 amide bonds. The van der Waals surface area contributed by atoms with Gasteiger partial charge in [-0.3, -0.25) is 10.1 Å². The van der Waals surface area contributed by atoms with Crippen molar-refractivity contribution in [3.8, 4) is 27.8 Å². The van der Waals surface area contributed by atoms with Crippen LogP contribution < -0.4 is 14.2 Å². The normalized spacial score (nSPS) is 10.4. The number of hydrogen-bond donors (Lipinski definition) is 0. The van der Waals surface area contributed by atoms with Crippen molar-refractivity contribution in [1.82, 2.24) is 4.98 Å². The Morgan fingerprint density at radius 2 is 1.92 bits per heavy atom. The van der Waals surface area contributed by atoms with Gasteiger partial charge in [-0.05, 0) is 24.3 Å². The van der Waals surface area contributed by atoms with Crippen LogP contribution in [0.15, 0.2) is 47.8 Å². The van der Waals surface area contributed by atoms with Gasteiger partial charge in [-0.15, -0.1) is 11.3 Å². The van der Waals surface area contributed by atoms with Gasteiger partial charge in [0.2, 0.25) is 0 Å². The number of thiazole rings is 1. The van der Waals surface area contributed by atoms with E-state index in [9.17, 15) is 10.1 Å². The molecule has 1 aromatic heterocycles. The number of hydrogen-bond acceptors (Lipinski definition) is 7. The number of nitrogens with zero attached hydrogens (tertiary/aromatic N) is 2. The highest BCUT2D eigenvalue weighted by molar-refractivity contribution is 7.13. The molecule has 0 fully saturated rings.